The van der Waals surface area contributed by atoms with Crippen LogP contribution >= 0.6 is 11.6 Å². The SMILES string of the molecule is O=C(O)CC[C@]1(CCC(=O)NCc2ccc(Cl)cc2)CCC(=O)N1. The van der Waals surface area contributed by atoms with E-state index in [-0.39, 0.29) is 24.7 Å². The van der Waals surface area contributed by atoms with Crippen LogP contribution in [0, 0.1) is 0 Å². The molecule has 0 aliphatic carbocycles. The van der Waals surface area contributed by atoms with Crippen LogP contribution < -0.4 is 10.6 Å². The summed E-state index contributed by atoms with van der Waals surface area (Å²) in [5.74, 6) is -1.11. The van der Waals surface area contributed by atoms with Gasteiger partial charge in [-0.1, -0.05) is 23.7 Å². The molecule has 0 aromatic heterocycles. The van der Waals surface area contributed by atoms with E-state index in [0.717, 1.165) is 5.56 Å². The summed E-state index contributed by atoms with van der Waals surface area (Å²) in [5.41, 5.74) is 0.370. The molecule has 0 spiro atoms. The quantitative estimate of drug-likeness (QED) is 0.668. The molecule has 0 saturated carbocycles. The van der Waals surface area contributed by atoms with E-state index in [0.29, 0.717) is 37.3 Å². The number of carbonyl (C=O) groups is 3. The van der Waals surface area contributed by atoms with E-state index in [9.17, 15) is 14.4 Å². The molecule has 1 fully saturated rings. The third-order valence-electron chi connectivity index (χ3n) is 4.29. The van der Waals surface area contributed by atoms with E-state index in [1.165, 1.54) is 0 Å². The van der Waals surface area contributed by atoms with Gasteiger partial charge in [0.25, 0.3) is 0 Å². The minimum Gasteiger partial charge on any atom is -0.481 e. The summed E-state index contributed by atoms with van der Waals surface area (Å²) in [5, 5.41) is 15.2. The van der Waals surface area contributed by atoms with Gasteiger partial charge in [0.1, 0.15) is 0 Å². The molecular formula is C17H21ClN2O4. The molecule has 1 atom stereocenters. The van der Waals surface area contributed by atoms with Gasteiger partial charge in [0.05, 0.1) is 0 Å². The lowest BCUT2D eigenvalue weighted by molar-refractivity contribution is -0.137. The third kappa shape index (κ3) is 5.53. The second-order valence-electron chi connectivity index (χ2n) is 6.13. The Kier molecular flexibility index (Phi) is 6.20. The number of carbonyl (C=O) groups excluding carboxylic acids is 2. The molecule has 2 amide bonds. The Labute approximate surface area is 145 Å². The van der Waals surface area contributed by atoms with Crippen molar-refractivity contribution in [2.75, 3.05) is 0 Å². The van der Waals surface area contributed by atoms with Crippen LogP contribution in [-0.4, -0.2) is 28.4 Å². The number of carboxylic acid groups (broad SMARTS) is 1. The monoisotopic (exact) mass is 352 g/mol. The zero-order chi connectivity index (χ0) is 17.6. The summed E-state index contributed by atoms with van der Waals surface area (Å²) in [6, 6.07) is 7.21. The van der Waals surface area contributed by atoms with Gasteiger partial charge in [-0.05, 0) is 37.0 Å². The highest BCUT2D eigenvalue weighted by Gasteiger charge is 2.37. The van der Waals surface area contributed by atoms with E-state index in [1.807, 2.05) is 12.1 Å². The van der Waals surface area contributed by atoms with Crippen LogP contribution in [0.4, 0.5) is 0 Å². The summed E-state index contributed by atoms with van der Waals surface area (Å²) in [6.45, 7) is 0.407. The average Bonchev–Trinajstić information content (AvgIpc) is 2.92. The molecule has 1 aliphatic heterocycles. The summed E-state index contributed by atoms with van der Waals surface area (Å²) < 4.78 is 0. The molecule has 7 heteroatoms. The molecule has 0 unspecified atom stereocenters. The number of nitrogens with one attached hydrogen (secondary N) is 2. The lowest BCUT2D eigenvalue weighted by Gasteiger charge is -2.28. The van der Waals surface area contributed by atoms with E-state index in [4.69, 9.17) is 16.7 Å². The van der Waals surface area contributed by atoms with Gasteiger partial charge in [-0.2, -0.15) is 0 Å². The fraction of sp³-hybridized carbons (Fsp3) is 0.471. The minimum absolute atomic E-state index is 0.0212. The number of amides is 2. The van der Waals surface area contributed by atoms with E-state index in [2.05, 4.69) is 10.6 Å². The zero-order valence-electron chi connectivity index (χ0n) is 13.3. The lowest BCUT2D eigenvalue weighted by Crippen LogP contribution is -2.43. The van der Waals surface area contributed by atoms with Gasteiger partial charge >= 0.3 is 5.97 Å². The van der Waals surface area contributed by atoms with Crippen LogP contribution in [0.2, 0.25) is 5.02 Å². The van der Waals surface area contributed by atoms with Crippen LogP contribution in [-0.2, 0) is 20.9 Å². The first-order chi connectivity index (χ1) is 11.4. The molecule has 3 N–H and O–H groups in total. The van der Waals surface area contributed by atoms with Crippen LogP contribution in [0.25, 0.3) is 0 Å². The predicted octanol–water partition coefficient (Wildman–Crippen LogP) is 2.25. The summed E-state index contributed by atoms with van der Waals surface area (Å²) in [7, 11) is 0. The largest absolute Gasteiger partial charge is 0.481 e. The fourth-order valence-corrected chi connectivity index (χ4v) is 2.99. The summed E-state index contributed by atoms with van der Waals surface area (Å²) >= 11 is 5.81. The van der Waals surface area contributed by atoms with Crippen molar-refractivity contribution < 1.29 is 19.5 Å². The first kappa shape index (κ1) is 18.3. The van der Waals surface area contributed by atoms with E-state index >= 15 is 0 Å². The summed E-state index contributed by atoms with van der Waals surface area (Å²) in [6.07, 6.45) is 1.97. The third-order valence-corrected chi connectivity index (χ3v) is 4.54. The Morgan fingerprint density at radius 2 is 1.88 bits per heavy atom. The molecular weight excluding hydrogens is 332 g/mol. The zero-order valence-corrected chi connectivity index (χ0v) is 14.1. The number of hydrogen-bond acceptors (Lipinski definition) is 3. The van der Waals surface area contributed by atoms with Gasteiger partial charge in [0, 0.05) is 36.4 Å². The second-order valence-corrected chi connectivity index (χ2v) is 6.56. The van der Waals surface area contributed by atoms with E-state index in [1.54, 1.807) is 12.1 Å². The average molecular weight is 353 g/mol. The predicted molar refractivity (Wildman–Crippen MR) is 89.5 cm³/mol. The highest BCUT2D eigenvalue weighted by Crippen LogP contribution is 2.30. The lowest BCUT2D eigenvalue weighted by atomic mass is 9.86. The van der Waals surface area contributed by atoms with Crippen molar-refractivity contribution in [1.29, 1.82) is 0 Å². The Balaban J connectivity index is 1.82. The molecule has 6 nitrogen and oxygen atoms in total. The highest BCUT2D eigenvalue weighted by atomic mass is 35.5. The number of rotatable bonds is 8. The Morgan fingerprint density at radius 1 is 1.21 bits per heavy atom. The van der Waals surface area contributed by atoms with Gasteiger partial charge in [-0.15, -0.1) is 0 Å². The minimum atomic E-state index is -0.900. The van der Waals surface area contributed by atoms with Gasteiger partial charge in [0.2, 0.25) is 11.8 Å². The van der Waals surface area contributed by atoms with Crippen molar-refractivity contribution in [1.82, 2.24) is 10.6 Å². The second kappa shape index (κ2) is 8.15. The normalized spacial score (nSPS) is 19.8. The van der Waals surface area contributed by atoms with Crippen molar-refractivity contribution in [2.24, 2.45) is 0 Å². The fourth-order valence-electron chi connectivity index (χ4n) is 2.86. The highest BCUT2D eigenvalue weighted by molar-refractivity contribution is 6.30. The molecule has 0 bridgehead atoms. The van der Waals surface area contributed by atoms with Crippen LogP contribution in [0.3, 0.4) is 0 Å². The molecule has 2 rings (SSSR count). The van der Waals surface area contributed by atoms with E-state index < -0.39 is 11.5 Å². The maximum Gasteiger partial charge on any atom is 0.303 e. The van der Waals surface area contributed by atoms with Crippen molar-refractivity contribution in [3.63, 3.8) is 0 Å². The first-order valence-corrected chi connectivity index (χ1v) is 8.30. The topological polar surface area (TPSA) is 95.5 Å². The van der Waals surface area contributed by atoms with Gasteiger partial charge in [0.15, 0.2) is 0 Å². The van der Waals surface area contributed by atoms with Crippen molar-refractivity contribution >= 4 is 29.4 Å². The number of carboxylic acids is 1. The molecule has 130 valence electrons. The molecule has 1 aliphatic rings. The number of halogens is 1. The van der Waals surface area contributed by atoms with Gasteiger partial charge < -0.3 is 15.7 Å². The smallest absolute Gasteiger partial charge is 0.303 e. The van der Waals surface area contributed by atoms with Crippen LogP contribution in [0.15, 0.2) is 24.3 Å². The molecule has 0 radical (unpaired) electrons. The van der Waals surface area contributed by atoms with Crippen molar-refractivity contribution in [3.8, 4) is 0 Å². The summed E-state index contributed by atoms with van der Waals surface area (Å²) in [4.78, 5) is 34.4. The molecule has 24 heavy (non-hydrogen) atoms. The number of hydrogen-bond donors (Lipinski definition) is 3. The van der Waals surface area contributed by atoms with Gasteiger partial charge in [-0.25, -0.2) is 0 Å². The Hall–Kier alpha value is -2.08. The van der Waals surface area contributed by atoms with Crippen LogP contribution in [0.5, 0.6) is 0 Å². The maximum absolute atomic E-state index is 12.0. The van der Waals surface area contributed by atoms with Crippen molar-refractivity contribution in [2.45, 2.75) is 50.6 Å². The Morgan fingerprint density at radius 3 is 2.46 bits per heavy atom. The molecule has 1 aromatic carbocycles. The molecule has 1 saturated heterocycles. The van der Waals surface area contributed by atoms with Crippen LogP contribution in [0.1, 0.15) is 44.1 Å². The maximum atomic E-state index is 12.0. The van der Waals surface area contributed by atoms with Crippen molar-refractivity contribution in [3.05, 3.63) is 34.9 Å². The Bertz CT molecular complexity index is 618. The first-order valence-electron chi connectivity index (χ1n) is 7.92. The number of benzene rings is 1. The number of aliphatic carboxylic acids is 1. The molecule has 1 aromatic rings. The standard InChI is InChI=1S/C17H21ClN2O4/c18-13-3-1-12(2-4-13)11-19-14(21)5-8-17(10-7-16(23)24)9-6-15(22)20-17/h1-4H,5-11H2,(H,19,21)(H,20,22)(H,23,24)/t17-/m0/s1. The molecule has 1 heterocycles. The van der Waals surface area contributed by atoms with Gasteiger partial charge in [-0.3, -0.25) is 14.4 Å².